The lowest BCUT2D eigenvalue weighted by Crippen LogP contribution is -2.63. The minimum absolute atomic E-state index is 0.232. The molecule has 2 saturated carbocycles. The third-order valence-electron chi connectivity index (χ3n) is 4.97. The first-order valence-corrected chi connectivity index (χ1v) is 7.76. The highest BCUT2D eigenvalue weighted by Gasteiger charge is 2.54. The normalized spacial score (nSPS) is 29.6. The van der Waals surface area contributed by atoms with Gasteiger partial charge in [-0.1, -0.05) is 37.3 Å². The highest BCUT2D eigenvalue weighted by Crippen LogP contribution is 2.51. The Morgan fingerprint density at radius 1 is 1.05 bits per heavy atom. The molecule has 2 aliphatic rings. The maximum atomic E-state index is 6.32. The average Bonchev–Trinajstić information content (AvgIpc) is 2.68. The van der Waals surface area contributed by atoms with Crippen molar-refractivity contribution in [3.8, 4) is 5.75 Å². The highest BCUT2D eigenvalue weighted by molar-refractivity contribution is 6.30. The Morgan fingerprint density at radius 3 is 2.26 bits per heavy atom. The van der Waals surface area contributed by atoms with Crippen molar-refractivity contribution in [1.82, 2.24) is 0 Å². The molecular formula is C16H22ClNO. The molecular weight excluding hydrogens is 258 g/mol. The van der Waals surface area contributed by atoms with E-state index in [1.807, 2.05) is 24.3 Å². The Balaban J connectivity index is 1.72. The van der Waals surface area contributed by atoms with Crippen LogP contribution in [0.5, 0.6) is 5.75 Å². The number of benzene rings is 1. The predicted octanol–water partition coefficient (Wildman–Crippen LogP) is 4.16. The van der Waals surface area contributed by atoms with Gasteiger partial charge in [0, 0.05) is 22.9 Å². The number of ether oxygens (including phenoxy) is 1. The molecule has 0 aliphatic heterocycles. The van der Waals surface area contributed by atoms with Crippen molar-refractivity contribution in [1.29, 1.82) is 0 Å². The van der Waals surface area contributed by atoms with E-state index in [0.29, 0.717) is 12.1 Å². The third-order valence-corrected chi connectivity index (χ3v) is 5.23. The molecule has 1 aromatic carbocycles. The van der Waals surface area contributed by atoms with E-state index in [-0.39, 0.29) is 5.41 Å². The minimum Gasteiger partial charge on any atom is -0.490 e. The van der Waals surface area contributed by atoms with Gasteiger partial charge in [-0.25, -0.2) is 0 Å². The summed E-state index contributed by atoms with van der Waals surface area (Å²) < 4.78 is 6.19. The van der Waals surface area contributed by atoms with Gasteiger partial charge in [-0.15, -0.1) is 0 Å². The second-order valence-corrected chi connectivity index (χ2v) is 6.49. The number of nitrogens with two attached hydrogens (primary N) is 1. The molecule has 3 rings (SSSR count). The Bertz CT molecular complexity index is 423. The zero-order valence-corrected chi connectivity index (χ0v) is 12.0. The van der Waals surface area contributed by atoms with Crippen molar-refractivity contribution < 1.29 is 4.74 Å². The Morgan fingerprint density at radius 2 is 1.68 bits per heavy atom. The van der Waals surface area contributed by atoms with E-state index in [1.165, 1.54) is 38.5 Å². The fraction of sp³-hybridized carbons (Fsp3) is 0.625. The van der Waals surface area contributed by atoms with Gasteiger partial charge in [0.05, 0.1) is 0 Å². The topological polar surface area (TPSA) is 35.2 Å². The smallest absolute Gasteiger partial charge is 0.119 e. The van der Waals surface area contributed by atoms with Gasteiger partial charge < -0.3 is 10.5 Å². The fourth-order valence-corrected chi connectivity index (χ4v) is 3.83. The first kappa shape index (κ1) is 13.3. The summed E-state index contributed by atoms with van der Waals surface area (Å²) in [5, 5.41) is 0.752. The van der Waals surface area contributed by atoms with Crippen molar-refractivity contribution in [2.75, 3.05) is 0 Å². The summed E-state index contributed by atoms with van der Waals surface area (Å²) in [4.78, 5) is 0. The van der Waals surface area contributed by atoms with E-state index in [2.05, 4.69) is 0 Å². The third kappa shape index (κ3) is 2.48. The molecule has 1 spiro atoms. The molecule has 104 valence electrons. The van der Waals surface area contributed by atoms with E-state index in [9.17, 15) is 0 Å². The quantitative estimate of drug-likeness (QED) is 0.882. The summed E-state index contributed by atoms with van der Waals surface area (Å²) in [6.45, 7) is 0. The molecule has 2 aliphatic carbocycles. The molecule has 0 saturated heterocycles. The average molecular weight is 280 g/mol. The van der Waals surface area contributed by atoms with Crippen LogP contribution in [0, 0.1) is 5.41 Å². The van der Waals surface area contributed by atoms with Gasteiger partial charge in [0.15, 0.2) is 0 Å². The molecule has 0 amide bonds. The lowest BCUT2D eigenvalue weighted by Gasteiger charge is -2.54. The van der Waals surface area contributed by atoms with Crippen LogP contribution >= 0.6 is 11.6 Å². The molecule has 2 unspecified atom stereocenters. The maximum absolute atomic E-state index is 6.32. The molecule has 3 heteroatoms. The molecule has 2 fully saturated rings. The van der Waals surface area contributed by atoms with Gasteiger partial charge in [-0.05, 0) is 37.1 Å². The summed E-state index contributed by atoms with van der Waals surface area (Å²) in [7, 11) is 0. The Kier molecular flexibility index (Phi) is 3.72. The molecule has 2 N–H and O–H groups in total. The van der Waals surface area contributed by atoms with Gasteiger partial charge >= 0.3 is 0 Å². The van der Waals surface area contributed by atoms with Crippen LogP contribution in [0.2, 0.25) is 5.02 Å². The maximum Gasteiger partial charge on any atom is 0.119 e. The van der Waals surface area contributed by atoms with E-state index in [4.69, 9.17) is 22.1 Å². The molecule has 0 heterocycles. The zero-order valence-electron chi connectivity index (χ0n) is 11.3. The van der Waals surface area contributed by atoms with Crippen molar-refractivity contribution in [3.63, 3.8) is 0 Å². The summed E-state index contributed by atoms with van der Waals surface area (Å²) >= 11 is 5.91. The van der Waals surface area contributed by atoms with Crippen LogP contribution < -0.4 is 10.5 Å². The van der Waals surface area contributed by atoms with Crippen molar-refractivity contribution >= 4 is 11.6 Å². The first-order valence-electron chi connectivity index (χ1n) is 7.38. The Labute approximate surface area is 120 Å². The Hall–Kier alpha value is -0.730. The summed E-state index contributed by atoms with van der Waals surface area (Å²) in [6.07, 6.45) is 9.04. The van der Waals surface area contributed by atoms with Crippen molar-refractivity contribution in [2.45, 2.75) is 57.1 Å². The molecule has 2 nitrogen and oxygen atoms in total. The van der Waals surface area contributed by atoms with Crippen LogP contribution in [0.1, 0.15) is 44.9 Å². The van der Waals surface area contributed by atoms with Crippen LogP contribution in [-0.2, 0) is 0 Å². The van der Waals surface area contributed by atoms with Crippen molar-refractivity contribution in [3.05, 3.63) is 29.3 Å². The summed E-state index contributed by atoms with van der Waals surface area (Å²) in [5.74, 6) is 0.921. The highest BCUT2D eigenvalue weighted by atomic mass is 35.5. The van der Waals surface area contributed by atoms with E-state index < -0.39 is 0 Å². The van der Waals surface area contributed by atoms with E-state index in [1.54, 1.807) is 0 Å². The summed E-state index contributed by atoms with van der Waals surface area (Å²) in [6, 6.07) is 8.00. The SMILES string of the molecule is NC1CC(Oc2ccc(Cl)cc2)C12CCCCCC2. The lowest BCUT2D eigenvalue weighted by molar-refractivity contribution is -0.0770. The van der Waals surface area contributed by atoms with Crippen LogP contribution in [0.15, 0.2) is 24.3 Å². The van der Waals surface area contributed by atoms with Crippen LogP contribution in [0.3, 0.4) is 0 Å². The molecule has 19 heavy (non-hydrogen) atoms. The number of hydrogen-bond donors (Lipinski definition) is 1. The van der Waals surface area contributed by atoms with Crippen LogP contribution in [0.4, 0.5) is 0 Å². The molecule has 0 radical (unpaired) electrons. The lowest BCUT2D eigenvalue weighted by atomic mass is 9.58. The second kappa shape index (κ2) is 5.34. The standard InChI is InChI=1S/C16H22ClNO/c17-12-5-7-13(8-6-12)19-15-11-14(18)16(15)9-3-1-2-4-10-16/h5-8,14-15H,1-4,9-11,18H2. The van der Waals surface area contributed by atoms with Crippen molar-refractivity contribution in [2.24, 2.45) is 11.1 Å². The van der Waals surface area contributed by atoms with Gasteiger partial charge in [-0.3, -0.25) is 0 Å². The number of halogens is 1. The van der Waals surface area contributed by atoms with E-state index in [0.717, 1.165) is 17.2 Å². The number of hydrogen-bond acceptors (Lipinski definition) is 2. The van der Waals surface area contributed by atoms with E-state index >= 15 is 0 Å². The monoisotopic (exact) mass is 279 g/mol. The predicted molar refractivity (Wildman–Crippen MR) is 78.6 cm³/mol. The van der Waals surface area contributed by atoms with Gasteiger partial charge in [-0.2, -0.15) is 0 Å². The van der Waals surface area contributed by atoms with Crippen LogP contribution in [-0.4, -0.2) is 12.1 Å². The number of rotatable bonds is 2. The van der Waals surface area contributed by atoms with Crippen LogP contribution in [0.25, 0.3) is 0 Å². The summed E-state index contributed by atoms with van der Waals surface area (Å²) in [5.41, 5.74) is 6.56. The van der Waals surface area contributed by atoms with Gasteiger partial charge in [0.2, 0.25) is 0 Å². The van der Waals surface area contributed by atoms with Gasteiger partial charge in [0.1, 0.15) is 11.9 Å². The molecule has 2 atom stereocenters. The first-order chi connectivity index (χ1) is 9.21. The van der Waals surface area contributed by atoms with Gasteiger partial charge in [0.25, 0.3) is 0 Å². The molecule has 0 aromatic heterocycles. The molecule has 0 bridgehead atoms. The minimum atomic E-state index is 0.232. The fourth-order valence-electron chi connectivity index (χ4n) is 3.70. The zero-order chi connectivity index (χ0) is 13.3. The second-order valence-electron chi connectivity index (χ2n) is 6.05. The largest absolute Gasteiger partial charge is 0.490 e. The molecule has 1 aromatic rings.